The summed E-state index contributed by atoms with van der Waals surface area (Å²) in [5.74, 6) is 1.09. The van der Waals surface area contributed by atoms with Crippen LogP contribution in [0, 0.1) is 0 Å². The molecule has 0 bridgehead atoms. The van der Waals surface area contributed by atoms with E-state index in [1.807, 2.05) is 18.2 Å². The van der Waals surface area contributed by atoms with Gasteiger partial charge in [0.15, 0.2) is 0 Å². The summed E-state index contributed by atoms with van der Waals surface area (Å²) in [4.78, 5) is 0.499. The number of alkyl halides is 3. The van der Waals surface area contributed by atoms with Crippen LogP contribution >= 0.6 is 11.8 Å². The molecule has 0 N–H and O–H groups in total. The quantitative estimate of drug-likeness (QED) is 0.714. The summed E-state index contributed by atoms with van der Waals surface area (Å²) in [6, 6.07) is 7.28. The molecule has 0 aliphatic carbocycles. The molecule has 1 aromatic rings. The molecule has 0 radical (unpaired) electrons. The maximum Gasteiger partial charge on any atom is 0.404 e. The second-order valence-corrected chi connectivity index (χ2v) is 5.70. The normalized spacial score (nSPS) is 22.6. The Kier molecular flexibility index (Phi) is 3.45. The summed E-state index contributed by atoms with van der Waals surface area (Å²) < 4.78 is 44.5. The highest BCUT2D eigenvalue weighted by Gasteiger charge is 2.42. The third-order valence-corrected chi connectivity index (χ3v) is 4.48. The molecule has 1 unspecified atom stereocenters. The highest BCUT2D eigenvalue weighted by Crippen LogP contribution is 2.49. The van der Waals surface area contributed by atoms with Gasteiger partial charge in [0.2, 0.25) is 0 Å². The summed E-state index contributed by atoms with van der Waals surface area (Å²) in [5, 5.41) is -1.56. The summed E-state index contributed by atoms with van der Waals surface area (Å²) in [5.41, 5.74) is 1.49. The molecular weight excluding hydrogens is 297 g/mol. The van der Waals surface area contributed by atoms with E-state index in [9.17, 15) is 13.2 Å². The van der Waals surface area contributed by atoms with Gasteiger partial charge >= 0.3 is 6.18 Å². The zero-order valence-corrected chi connectivity index (χ0v) is 11.7. The first kappa shape index (κ1) is 14.1. The molecule has 0 amide bonds. The summed E-state index contributed by atoms with van der Waals surface area (Å²) in [6.07, 6.45) is 1.54. The highest BCUT2D eigenvalue weighted by molar-refractivity contribution is 8.04. The van der Waals surface area contributed by atoms with Crippen molar-refractivity contribution in [3.63, 3.8) is 0 Å². The lowest BCUT2D eigenvalue weighted by Gasteiger charge is -2.29. The molecule has 1 aromatic carbocycles. The topological polar surface area (TPSA) is 9.23 Å². The maximum atomic E-state index is 12.9. The number of para-hydroxylation sites is 1. The van der Waals surface area contributed by atoms with E-state index in [2.05, 4.69) is 6.58 Å². The van der Waals surface area contributed by atoms with Crippen molar-refractivity contribution in [1.29, 1.82) is 0 Å². The van der Waals surface area contributed by atoms with Gasteiger partial charge in [-0.3, -0.25) is 0 Å². The SMILES string of the molecule is C=CC=C1C2=C(C=CC(C(F)(F)F)S2)Oc2ccccc21. The van der Waals surface area contributed by atoms with Crippen LogP contribution in [0.2, 0.25) is 0 Å². The number of halogens is 3. The van der Waals surface area contributed by atoms with Crippen LogP contribution in [0.5, 0.6) is 5.75 Å². The van der Waals surface area contributed by atoms with Gasteiger partial charge in [0, 0.05) is 11.1 Å². The molecule has 2 aliphatic rings. The average molecular weight is 308 g/mol. The van der Waals surface area contributed by atoms with Crippen LogP contribution in [-0.2, 0) is 0 Å². The first-order valence-electron chi connectivity index (χ1n) is 6.27. The molecule has 0 fully saturated rings. The first-order chi connectivity index (χ1) is 10.0. The standard InChI is InChI=1S/C16H11F3OS/c1-2-5-11-10-6-3-4-7-12(10)20-13-8-9-14(16(17,18)19)21-15(11)13/h2-9,14H,1H2. The third-order valence-electron chi connectivity index (χ3n) is 3.14. The molecule has 0 spiro atoms. The van der Waals surface area contributed by atoms with Crippen LogP contribution in [0.3, 0.4) is 0 Å². The highest BCUT2D eigenvalue weighted by atomic mass is 32.2. The van der Waals surface area contributed by atoms with Crippen molar-refractivity contribution in [2.45, 2.75) is 11.4 Å². The fourth-order valence-corrected chi connectivity index (χ4v) is 3.31. The number of rotatable bonds is 1. The van der Waals surface area contributed by atoms with Gasteiger partial charge < -0.3 is 4.74 Å². The van der Waals surface area contributed by atoms with E-state index in [4.69, 9.17) is 4.74 Å². The Morgan fingerprint density at radius 1 is 1.24 bits per heavy atom. The van der Waals surface area contributed by atoms with Crippen molar-refractivity contribution in [3.8, 4) is 5.75 Å². The van der Waals surface area contributed by atoms with Crippen molar-refractivity contribution in [2.75, 3.05) is 0 Å². The molecule has 0 saturated carbocycles. The van der Waals surface area contributed by atoms with Crippen LogP contribution < -0.4 is 4.74 Å². The van der Waals surface area contributed by atoms with Gasteiger partial charge in [-0.15, -0.1) is 11.8 Å². The van der Waals surface area contributed by atoms with E-state index in [0.717, 1.165) is 23.4 Å². The largest absolute Gasteiger partial charge is 0.456 e. The van der Waals surface area contributed by atoms with Crippen LogP contribution in [-0.4, -0.2) is 11.4 Å². The number of allylic oxidation sites excluding steroid dienone is 4. The lowest BCUT2D eigenvalue weighted by atomic mass is 10.0. The smallest absolute Gasteiger partial charge is 0.404 e. The molecule has 5 heteroatoms. The van der Waals surface area contributed by atoms with Crippen molar-refractivity contribution in [3.05, 3.63) is 71.4 Å². The lowest BCUT2D eigenvalue weighted by molar-refractivity contribution is -0.120. The number of fused-ring (bicyclic) bond motifs is 1. The zero-order valence-electron chi connectivity index (χ0n) is 10.9. The van der Waals surface area contributed by atoms with Crippen LogP contribution in [0.25, 0.3) is 5.57 Å². The van der Waals surface area contributed by atoms with Crippen molar-refractivity contribution in [1.82, 2.24) is 0 Å². The fourth-order valence-electron chi connectivity index (χ4n) is 2.23. The summed E-state index contributed by atoms with van der Waals surface area (Å²) in [6.45, 7) is 3.64. The minimum atomic E-state index is -4.28. The predicted octanol–water partition coefficient (Wildman–Crippen LogP) is 5.09. The van der Waals surface area contributed by atoms with E-state index in [1.165, 1.54) is 6.08 Å². The number of benzene rings is 1. The van der Waals surface area contributed by atoms with Crippen LogP contribution in [0.15, 0.2) is 65.8 Å². The van der Waals surface area contributed by atoms with E-state index in [1.54, 1.807) is 18.2 Å². The Morgan fingerprint density at radius 2 is 2.00 bits per heavy atom. The fraction of sp³-hybridized carbons (Fsp3) is 0.125. The van der Waals surface area contributed by atoms with Crippen molar-refractivity contribution >= 4 is 17.3 Å². The van der Waals surface area contributed by atoms with Gasteiger partial charge in [-0.25, -0.2) is 0 Å². The molecule has 1 atom stereocenters. The van der Waals surface area contributed by atoms with E-state index in [-0.39, 0.29) is 0 Å². The van der Waals surface area contributed by atoms with E-state index >= 15 is 0 Å². The predicted molar refractivity (Wildman–Crippen MR) is 78.8 cm³/mol. The Labute approximate surface area is 124 Å². The van der Waals surface area contributed by atoms with Gasteiger partial charge in [0.05, 0.1) is 4.91 Å². The Morgan fingerprint density at radius 3 is 2.71 bits per heavy atom. The molecule has 0 saturated heterocycles. The lowest BCUT2D eigenvalue weighted by Crippen LogP contribution is -2.26. The molecule has 108 valence electrons. The van der Waals surface area contributed by atoms with Gasteiger partial charge in [-0.1, -0.05) is 43.0 Å². The molecule has 2 aliphatic heterocycles. The summed E-state index contributed by atoms with van der Waals surface area (Å²) >= 11 is 0.761. The van der Waals surface area contributed by atoms with E-state index < -0.39 is 11.4 Å². The minimum absolute atomic E-state index is 0.451. The number of thioether (sulfide) groups is 1. The van der Waals surface area contributed by atoms with Gasteiger partial charge in [0.1, 0.15) is 16.8 Å². The molecule has 1 nitrogen and oxygen atoms in total. The van der Waals surface area contributed by atoms with Crippen LogP contribution in [0.1, 0.15) is 5.56 Å². The Balaban J connectivity index is 2.07. The zero-order chi connectivity index (χ0) is 15.0. The number of hydrogen-bond acceptors (Lipinski definition) is 2. The first-order valence-corrected chi connectivity index (χ1v) is 7.15. The van der Waals surface area contributed by atoms with Crippen LogP contribution in [0.4, 0.5) is 13.2 Å². The third kappa shape index (κ3) is 2.53. The van der Waals surface area contributed by atoms with Gasteiger partial charge in [-0.05, 0) is 12.1 Å². The second kappa shape index (κ2) is 5.15. The number of ether oxygens (including phenoxy) is 1. The van der Waals surface area contributed by atoms with Gasteiger partial charge in [-0.2, -0.15) is 13.2 Å². The average Bonchev–Trinajstić information content (AvgIpc) is 2.45. The molecule has 2 heterocycles. The minimum Gasteiger partial charge on any atom is -0.456 e. The molecular formula is C16H11F3OS. The molecule has 0 aromatic heterocycles. The molecule has 21 heavy (non-hydrogen) atoms. The second-order valence-electron chi connectivity index (χ2n) is 4.55. The number of hydrogen-bond donors (Lipinski definition) is 0. The molecule has 3 rings (SSSR count). The Bertz CT molecular complexity index is 683. The van der Waals surface area contributed by atoms with Crippen molar-refractivity contribution < 1.29 is 17.9 Å². The monoisotopic (exact) mass is 308 g/mol. The maximum absolute atomic E-state index is 12.9. The Hall–Kier alpha value is -1.88. The van der Waals surface area contributed by atoms with Gasteiger partial charge in [0.25, 0.3) is 0 Å². The summed E-state index contributed by atoms with van der Waals surface area (Å²) in [7, 11) is 0. The van der Waals surface area contributed by atoms with Crippen molar-refractivity contribution in [2.24, 2.45) is 0 Å². The van der Waals surface area contributed by atoms with E-state index in [0.29, 0.717) is 22.0 Å².